The summed E-state index contributed by atoms with van der Waals surface area (Å²) in [5.41, 5.74) is 0.696. The molecule has 1 aromatic heterocycles. The summed E-state index contributed by atoms with van der Waals surface area (Å²) < 4.78 is 1.73. The average Bonchev–Trinajstić information content (AvgIpc) is 2.84. The molecule has 1 N–H and O–H groups in total. The van der Waals surface area contributed by atoms with Crippen molar-refractivity contribution in [2.75, 3.05) is 19.6 Å². The lowest BCUT2D eigenvalue weighted by Gasteiger charge is -2.31. The summed E-state index contributed by atoms with van der Waals surface area (Å²) in [5, 5.41) is 9.23. The number of likely N-dealkylation sites (tertiary alicyclic amines) is 1. The molecule has 0 saturated carbocycles. The molecule has 1 saturated heterocycles. The smallest absolute Gasteiger partial charge is 0.352 e. The van der Waals surface area contributed by atoms with E-state index in [2.05, 4.69) is 11.8 Å². The highest BCUT2D eigenvalue weighted by atomic mass is 16.4. The van der Waals surface area contributed by atoms with Crippen LogP contribution in [-0.2, 0) is 6.54 Å². The largest absolute Gasteiger partial charge is 0.477 e. The molecule has 0 aliphatic carbocycles. The van der Waals surface area contributed by atoms with Crippen LogP contribution in [0.4, 0.5) is 0 Å². The number of rotatable bonds is 5. The molecule has 110 valence electrons. The van der Waals surface area contributed by atoms with E-state index in [-0.39, 0.29) is 11.5 Å². The minimum Gasteiger partial charge on any atom is -0.477 e. The summed E-state index contributed by atoms with van der Waals surface area (Å²) in [5.74, 6) is -0.571. The zero-order chi connectivity index (χ0) is 14.7. The molecule has 20 heavy (non-hydrogen) atoms. The van der Waals surface area contributed by atoms with E-state index in [9.17, 15) is 14.7 Å². The van der Waals surface area contributed by atoms with Gasteiger partial charge in [0.25, 0.3) is 0 Å². The highest BCUT2D eigenvalue weighted by molar-refractivity contribution is 5.97. The molecule has 2 heterocycles. The SMILES string of the molecule is CCN1CCC(Cn2cc(C(C)=O)cc2C(=O)O)CC1. The molecule has 2 rings (SSSR count). The van der Waals surface area contributed by atoms with E-state index < -0.39 is 5.97 Å². The lowest BCUT2D eigenvalue weighted by atomic mass is 9.96. The van der Waals surface area contributed by atoms with Crippen LogP contribution in [0.15, 0.2) is 12.3 Å². The van der Waals surface area contributed by atoms with E-state index >= 15 is 0 Å². The van der Waals surface area contributed by atoms with Gasteiger partial charge in [0, 0.05) is 18.3 Å². The first kappa shape index (κ1) is 14.8. The van der Waals surface area contributed by atoms with E-state index in [4.69, 9.17) is 0 Å². The molecule has 0 spiro atoms. The van der Waals surface area contributed by atoms with Gasteiger partial charge in [0.05, 0.1) is 0 Å². The maximum absolute atomic E-state index is 11.4. The van der Waals surface area contributed by atoms with Crippen LogP contribution in [0.1, 0.15) is 47.5 Å². The monoisotopic (exact) mass is 278 g/mol. The number of aromatic carboxylic acids is 1. The highest BCUT2D eigenvalue weighted by Gasteiger charge is 2.21. The lowest BCUT2D eigenvalue weighted by molar-refractivity contribution is 0.0682. The molecule has 0 amide bonds. The van der Waals surface area contributed by atoms with Crippen LogP contribution in [0.3, 0.4) is 0 Å². The maximum Gasteiger partial charge on any atom is 0.352 e. The third-order valence-corrected chi connectivity index (χ3v) is 4.13. The van der Waals surface area contributed by atoms with Crippen LogP contribution < -0.4 is 0 Å². The number of carboxylic acid groups (broad SMARTS) is 1. The number of carbonyl (C=O) groups excluding carboxylic acids is 1. The van der Waals surface area contributed by atoms with Crippen molar-refractivity contribution in [1.82, 2.24) is 9.47 Å². The minimum atomic E-state index is -0.969. The molecule has 0 unspecified atom stereocenters. The van der Waals surface area contributed by atoms with Gasteiger partial charge in [-0.05, 0) is 51.4 Å². The number of piperidine rings is 1. The van der Waals surface area contributed by atoms with Crippen molar-refractivity contribution >= 4 is 11.8 Å². The van der Waals surface area contributed by atoms with Gasteiger partial charge in [-0.1, -0.05) is 6.92 Å². The Morgan fingerprint density at radius 2 is 2.00 bits per heavy atom. The van der Waals surface area contributed by atoms with Gasteiger partial charge in [-0.3, -0.25) is 4.79 Å². The van der Waals surface area contributed by atoms with E-state index in [0.717, 1.165) is 32.5 Å². The second-order valence-corrected chi connectivity index (χ2v) is 5.51. The molecule has 1 aliphatic heterocycles. The standard InChI is InChI=1S/C15H22N2O3/c1-3-16-6-4-12(5-7-16)9-17-10-13(11(2)18)8-14(17)15(19)20/h8,10,12H,3-7,9H2,1-2H3,(H,19,20). The molecule has 1 aliphatic rings. The Morgan fingerprint density at radius 3 is 2.50 bits per heavy atom. The van der Waals surface area contributed by atoms with Crippen LogP contribution in [0, 0.1) is 5.92 Å². The number of aromatic nitrogens is 1. The lowest BCUT2D eigenvalue weighted by Crippen LogP contribution is -2.34. The van der Waals surface area contributed by atoms with E-state index in [0.29, 0.717) is 18.0 Å². The van der Waals surface area contributed by atoms with Gasteiger partial charge >= 0.3 is 5.97 Å². The number of ketones is 1. The van der Waals surface area contributed by atoms with Gasteiger partial charge in [0.1, 0.15) is 5.69 Å². The van der Waals surface area contributed by atoms with Crippen molar-refractivity contribution < 1.29 is 14.7 Å². The molecule has 0 bridgehead atoms. The van der Waals surface area contributed by atoms with Crippen LogP contribution in [0.25, 0.3) is 0 Å². The summed E-state index contributed by atoms with van der Waals surface area (Å²) in [6.45, 7) is 7.53. The van der Waals surface area contributed by atoms with Crippen LogP contribution in [0.5, 0.6) is 0 Å². The minimum absolute atomic E-state index is 0.0907. The average molecular weight is 278 g/mol. The fraction of sp³-hybridized carbons (Fsp3) is 0.600. The number of hydrogen-bond donors (Lipinski definition) is 1. The first-order valence-corrected chi connectivity index (χ1v) is 7.18. The van der Waals surface area contributed by atoms with Gasteiger partial charge in [-0.25, -0.2) is 4.79 Å². The third kappa shape index (κ3) is 3.28. The number of carboxylic acids is 1. The van der Waals surface area contributed by atoms with Gasteiger partial charge in [-0.2, -0.15) is 0 Å². The van der Waals surface area contributed by atoms with Crippen molar-refractivity contribution in [1.29, 1.82) is 0 Å². The van der Waals surface area contributed by atoms with Crippen LogP contribution in [-0.4, -0.2) is 46.0 Å². The Kier molecular flexibility index (Phi) is 4.60. The van der Waals surface area contributed by atoms with Gasteiger partial charge in [0.15, 0.2) is 5.78 Å². The van der Waals surface area contributed by atoms with Crippen molar-refractivity contribution in [3.63, 3.8) is 0 Å². The predicted molar refractivity (Wildman–Crippen MR) is 76.2 cm³/mol. The maximum atomic E-state index is 11.4. The predicted octanol–water partition coefficient (Wildman–Crippen LogP) is 2.12. The summed E-state index contributed by atoms with van der Waals surface area (Å²) in [6.07, 6.45) is 3.85. The molecule has 1 aromatic rings. The topological polar surface area (TPSA) is 62.5 Å². The number of hydrogen-bond acceptors (Lipinski definition) is 3. The highest BCUT2D eigenvalue weighted by Crippen LogP contribution is 2.21. The fourth-order valence-electron chi connectivity index (χ4n) is 2.80. The van der Waals surface area contributed by atoms with Crippen LogP contribution >= 0.6 is 0 Å². The number of nitrogens with zero attached hydrogens (tertiary/aromatic N) is 2. The second kappa shape index (κ2) is 6.22. The Labute approximate surface area is 119 Å². The summed E-state index contributed by atoms with van der Waals surface area (Å²) >= 11 is 0. The van der Waals surface area contributed by atoms with Gasteiger partial charge < -0.3 is 14.6 Å². The summed E-state index contributed by atoms with van der Waals surface area (Å²) in [4.78, 5) is 25.1. The normalized spacial score (nSPS) is 17.3. The quantitative estimate of drug-likeness (QED) is 0.838. The molecule has 1 fully saturated rings. The second-order valence-electron chi connectivity index (χ2n) is 5.51. The van der Waals surface area contributed by atoms with Gasteiger partial charge in [-0.15, -0.1) is 0 Å². The van der Waals surface area contributed by atoms with Crippen molar-refractivity contribution in [3.8, 4) is 0 Å². The van der Waals surface area contributed by atoms with Crippen molar-refractivity contribution in [3.05, 3.63) is 23.5 Å². The Bertz CT molecular complexity index is 499. The first-order valence-electron chi connectivity index (χ1n) is 7.18. The zero-order valence-electron chi connectivity index (χ0n) is 12.1. The molecular weight excluding hydrogens is 256 g/mol. The Balaban J connectivity index is 2.09. The molecule has 5 nitrogen and oxygen atoms in total. The first-order chi connectivity index (χ1) is 9.51. The molecular formula is C15H22N2O3. The van der Waals surface area contributed by atoms with E-state index in [1.807, 2.05) is 0 Å². The Hall–Kier alpha value is -1.62. The molecule has 0 aromatic carbocycles. The Morgan fingerprint density at radius 1 is 1.35 bits per heavy atom. The number of carbonyl (C=O) groups is 2. The van der Waals surface area contributed by atoms with Gasteiger partial charge in [0.2, 0.25) is 0 Å². The zero-order valence-corrected chi connectivity index (χ0v) is 12.1. The van der Waals surface area contributed by atoms with Crippen molar-refractivity contribution in [2.45, 2.75) is 33.2 Å². The van der Waals surface area contributed by atoms with E-state index in [1.165, 1.54) is 13.0 Å². The fourth-order valence-corrected chi connectivity index (χ4v) is 2.80. The van der Waals surface area contributed by atoms with Crippen molar-refractivity contribution in [2.24, 2.45) is 5.92 Å². The molecule has 0 radical (unpaired) electrons. The molecule has 0 atom stereocenters. The number of Topliss-reactive ketones (excluding diaryl/α,β-unsaturated/α-hetero) is 1. The summed E-state index contributed by atoms with van der Waals surface area (Å²) in [6, 6.07) is 1.48. The third-order valence-electron chi connectivity index (χ3n) is 4.13. The van der Waals surface area contributed by atoms with E-state index in [1.54, 1.807) is 10.8 Å². The molecule has 5 heteroatoms. The van der Waals surface area contributed by atoms with Crippen LogP contribution in [0.2, 0.25) is 0 Å². The summed E-state index contributed by atoms with van der Waals surface area (Å²) in [7, 11) is 0.